The van der Waals surface area contributed by atoms with Crippen LogP contribution in [-0.2, 0) is 0 Å². The maximum atomic E-state index is 13.9. The molecule has 1 aliphatic rings. The summed E-state index contributed by atoms with van der Waals surface area (Å²) in [5, 5.41) is 32.8. The van der Waals surface area contributed by atoms with E-state index in [1.807, 2.05) is 0 Å². The van der Waals surface area contributed by atoms with Gasteiger partial charge >= 0.3 is 5.97 Å². The first-order chi connectivity index (χ1) is 14.3. The fourth-order valence-corrected chi connectivity index (χ4v) is 4.67. The molecule has 1 aliphatic carbocycles. The van der Waals surface area contributed by atoms with Crippen molar-refractivity contribution < 1.29 is 29.2 Å². The van der Waals surface area contributed by atoms with Crippen LogP contribution in [0.4, 0.5) is 15.9 Å². The highest BCUT2D eigenvalue weighted by atomic mass is 32.1. The number of aliphatic hydroxyl groups is 2. The molecule has 3 aromatic rings. The molecule has 0 saturated heterocycles. The molecule has 30 heavy (non-hydrogen) atoms. The number of rotatable bonds is 5. The van der Waals surface area contributed by atoms with Crippen LogP contribution in [-0.4, -0.2) is 49.6 Å². The van der Waals surface area contributed by atoms with Gasteiger partial charge in [-0.05, 0) is 31.0 Å². The predicted molar refractivity (Wildman–Crippen MR) is 109 cm³/mol. The van der Waals surface area contributed by atoms with E-state index in [1.54, 1.807) is 6.92 Å². The van der Waals surface area contributed by atoms with Gasteiger partial charge in [-0.3, -0.25) is 0 Å². The first-order valence-corrected chi connectivity index (χ1v) is 10.2. The molecule has 0 radical (unpaired) electrons. The number of anilines is 2. The molecule has 0 aliphatic heterocycles. The molecule has 2 heterocycles. The number of fused-ring (bicyclic) bond motifs is 1. The summed E-state index contributed by atoms with van der Waals surface area (Å²) < 4.78 is 19.8. The molecule has 1 saturated carbocycles. The lowest BCUT2D eigenvalue weighted by Crippen LogP contribution is -2.36. The van der Waals surface area contributed by atoms with Crippen LogP contribution >= 0.6 is 11.3 Å². The third kappa shape index (κ3) is 4.07. The van der Waals surface area contributed by atoms with Crippen molar-refractivity contribution in [2.45, 2.75) is 44.5 Å². The zero-order valence-corrected chi connectivity index (χ0v) is 16.8. The van der Waals surface area contributed by atoms with E-state index in [2.05, 4.69) is 15.3 Å². The smallest absolute Gasteiger partial charge is 0.346 e. The molecule has 4 N–H and O–H groups in total. The minimum Gasteiger partial charge on any atom is -0.488 e. The van der Waals surface area contributed by atoms with E-state index in [-0.39, 0.29) is 17.0 Å². The second-order valence-corrected chi connectivity index (χ2v) is 8.28. The average Bonchev–Trinajstić information content (AvgIpc) is 3.01. The van der Waals surface area contributed by atoms with Crippen LogP contribution in [0.25, 0.3) is 10.2 Å². The largest absolute Gasteiger partial charge is 0.488 e. The summed E-state index contributed by atoms with van der Waals surface area (Å²) in [6.45, 7) is 1.68. The molecule has 10 heteroatoms. The summed E-state index contributed by atoms with van der Waals surface area (Å²) in [5.74, 6) is -0.956. The third-order valence-corrected chi connectivity index (χ3v) is 6.21. The van der Waals surface area contributed by atoms with Gasteiger partial charge in [-0.1, -0.05) is 0 Å². The number of hydrogen-bond donors (Lipinski definition) is 4. The number of aromatic carboxylic acids is 1. The Kier molecular flexibility index (Phi) is 5.54. The van der Waals surface area contributed by atoms with Crippen molar-refractivity contribution in [2.75, 3.05) is 5.32 Å². The molecule has 0 spiro atoms. The number of aryl methyl sites for hydroxylation is 1. The summed E-state index contributed by atoms with van der Waals surface area (Å²) in [6, 6.07) is 3.98. The second kappa shape index (κ2) is 8.13. The Bertz CT molecular complexity index is 1100. The number of nitrogens with one attached hydrogen (secondary N) is 1. The lowest BCUT2D eigenvalue weighted by Gasteiger charge is -2.30. The Morgan fingerprint density at radius 3 is 2.67 bits per heavy atom. The molecule has 1 aromatic carbocycles. The van der Waals surface area contributed by atoms with Crippen molar-refractivity contribution in [2.24, 2.45) is 0 Å². The SMILES string of the molecule is Cc1c(C(=O)O)sc2ncnc(Nc3ccc(F)cc3OC3C[C@@H](O)C[C@@H](O)C3)c12. The van der Waals surface area contributed by atoms with Crippen molar-refractivity contribution in [1.29, 1.82) is 0 Å². The Morgan fingerprint density at radius 2 is 1.97 bits per heavy atom. The van der Waals surface area contributed by atoms with Crippen LogP contribution in [0.3, 0.4) is 0 Å². The lowest BCUT2D eigenvalue weighted by atomic mass is 9.92. The predicted octanol–water partition coefficient (Wildman–Crippen LogP) is 3.23. The first-order valence-electron chi connectivity index (χ1n) is 9.38. The Hall–Kier alpha value is -2.82. The van der Waals surface area contributed by atoms with Crippen LogP contribution in [0.1, 0.15) is 34.5 Å². The normalized spacial score (nSPS) is 21.5. The number of nitrogens with zero attached hydrogens (tertiary/aromatic N) is 2. The standard InChI is InChI=1S/C20H20FN3O5S/c1-9-16-18(22-8-23-19(16)30-17(9)20(27)28)24-14-3-2-10(21)4-15(14)29-13-6-11(25)5-12(26)7-13/h2-4,8,11-13,25-26H,5-7H2,1H3,(H,27,28)(H,22,23,24)/t11-,12+,13?. The van der Waals surface area contributed by atoms with Crippen molar-refractivity contribution in [3.05, 3.63) is 40.8 Å². The Morgan fingerprint density at radius 1 is 1.23 bits per heavy atom. The second-order valence-electron chi connectivity index (χ2n) is 7.28. The molecule has 1 unspecified atom stereocenters. The number of benzene rings is 1. The van der Waals surface area contributed by atoms with Gasteiger partial charge in [0.25, 0.3) is 0 Å². The van der Waals surface area contributed by atoms with Gasteiger partial charge in [0, 0.05) is 18.9 Å². The number of carboxylic acid groups (broad SMARTS) is 1. The van der Waals surface area contributed by atoms with Crippen molar-refractivity contribution in [3.8, 4) is 5.75 Å². The van der Waals surface area contributed by atoms with Crippen LogP contribution in [0.5, 0.6) is 5.75 Å². The Balaban J connectivity index is 1.68. The van der Waals surface area contributed by atoms with Crippen LogP contribution in [0.15, 0.2) is 24.5 Å². The zero-order chi connectivity index (χ0) is 21.4. The molecule has 8 nitrogen and oxygen atoms in total. The summed E-state index contributed by atoms with van der Waals surface area (Å²) in [4.78, 5) is 20.5. The van der Waals surface area contributed by atoms with E-state index < -0.39 is 30.1 Å². The number of halogens is 1. The zero-order valence-electron chi connectivity index (χ0n) is 16.0. The molecule has 158 valence electrons. The quantitative estimate of drug-likeness (QED) is 0.483. The van der Waals surface area contributed by atoms with Crippen molar-refractivity contribution in [1.82, 2.24) is 9.97 Å². The molecule has 3 atom stereocenters. The average molecular weight is 433 g/mol. The number of ether oxygens (including phenoxy) is 1. The van der Waals surface area contributed by atoms with Crippen molar-refractivity contribution >= 4 is 39.0 Å². The van der Waals surface area contributed by atoms with Gasteiger partial charge in [-0.15, -0.1) is 11.3 Å². The van der Waals surface area contributed by atoms with Gasteiger partial charge in [-0.25, -0.2) is 19.2 Å². The molecular weight excluding hydrogens is 413 g/mol. The molecule has 4 rings (SSSR count). The van der Waals surface area contributed by atoms with Crippen molar-refractivity contribution in [3.63, 3.8) is 0 Å². The summed E-state index contributed by atoms with van der Waals surface area (Å²) >= 11 is 1.05. The first kappa shape index (κ1) is 20.5. The monoisotopic (exact) mass is 433 g/mol. The summed E-state index contributed by atoms with van der Waals surface area (Å²) in [6.07, 6.45) is 0.423. The van der Waals surface area contributed by atoms with Gasteiger partial charge in [0.05, 0.1) is 23.3 Å². The van der Waals surface area contributed by atoms with Gasteiger partial charge in [0.15, 0.2) is 0 Å². The number of carboxylic acids is 1. The highest BCUT2D eigenvalue weighted by molar-refractivity contribution is 7.20. The highest BCUT2D eigenvalue weighted by Gasteiger charge is 2.28. The molecule has 1 fully saturated rings. The minimum absolute atomic E-state index is 0.175. The summed E-state index contributed by atoms with van der Waals surface area (Å²) in [7, 11) is 0. The fourth-order valence-electron chi connectivity index (χ4n) is 3.68. The van der Waals surface area contributed by atoms with E-state index in [4.69, 9.17) is 4.74 Å². The van der Waals surface area contributed by atoms with E-state index in [1.165, 1.54) is 24.5 Å². The molecular formula is C20H20FN3O5S. The van der Waals surface area contributed by atoms with E-state index in [9.17, 15) is 24.5 Å². The summed E-state index contributed by atoms with van der Waals surface area (Å²) in [5.41, 5.74) is 0.960. The topological polar surface area (TPSA) is 125 Å². The number of aromatic nitrogens is 2. The fraction of sp³-hybridized carbons (Fsp3) is 0.350. The highest BCUT2D eigenvalue weighted by Crippen LogP contribution is 2.37. The van der Waals surface area contributed by atoms with E-state index in [0.29, 0.717) is 40.1 Å². The van der Waals surface area contributed by atoms with Crippen LogP contribution in [0, 0.1) is 12.7 Å². The van der Waals surface area contributed by atoms with Crippen LogP contribution < -0.4 is 10.1 Å². The number of thiophene rings is 1. The van der Waals surface area contributed by atoms with Gasteiger partial charge in [0.2, 0.25) is 0 Å². The van der Waals surface area contributed by atoms with Gasteiger partial charge in [-0.2, -0.15) is 0 Å². The molecule has 2 aromatic heterocycles. The van der Waals surface area contributed by atoms with Crippen LogP contribution in [0.2, 0.25) is 0 Å². The Labute approximate surface area is 175 Å². The van der Waals surface area contributed by atoms with Gasteiger partial charge < -0.3 is 25.4 Å². The number of hydrogen-bond acceptors (Lipinski definition) is 8. The van der Waals surface area contributed by atoms with Gasteiger partial charge in [0.1, 0.15) is 39.5 Å². The number of carbonyl (C=O) groups is 1. The maximum absolute atomic E-state index is 13.9. The molecule has 0 bridgehead atoms. The van der Waals surface area contributed by atoms with E-state index >= 15 is 0 Å². The number of aliphatic hydroxyl groups excluding tert-OH is 2. The van der Waals surface area contributed by atoms with E-state index in [0.717, 1.165) is 11.3 Å². The maximum Gasteiger partial charge on any atom is 0.346 e. The lowest BCUT2D eigenvalue weighted by molar-refractivity contribution is -0.0153. The molecule has 0 amide bonds. The third-order valence-electron chi connectivity index (χ3n) is 5.03. The minimum atomic E-state index is -1.04.